The minimum atomic E-state index is -0.513. The van der Waals surface area contributed by atoms with Crippen LogP contribution in [0.3, 0.4) is 0 Å². The Balaban J connectivity index is 1.89. The van der Waals surface area contributed by atoms with Crippen LogP contribution in [0.15, 0.2) is 0 Å². The zero-order valence-electron chi connectivity index (χ0n) is 8.65. The number of aliphatic hydroxyl groups is 2. The van der Waals surface area contributed by atoms with Crippen LogP contribution in [0.25, 0.3) is 0 Å². The van der Waals surface area contributed by atoms with Crippen molar-refractivity contribution < 1.29 is 14.9 Å². The highest BCUT2D eigenvalue weighted by atomic mass is 16.5. The van der Waals surface area contributed by atoms with E-state index in [0.717, 1.165) is 25.9 Å². The van der Waals surface area contributed by atoms with Crippen molar-refractivity contribution in [3.63, 3.8) is 0 Å². The van der Waals surface area contributed by atoms with Gasteiger partial charge < -0.3 is 14.9 Å². The van der Waals surface area contributed by atoms with E-state index < -0.39 is 5.60 Å². The Morgan fingerprint density at radius 2 is 1.93 bits per heavy atom. The fraction of sp³-hybridized carbons (Fsp3) is 1.00. The van der Waals surface area contributed by atoms with Crippen molar-refractivity contribution in [1.29, 1.82) is 0 Å². The summed E-state index contributed by atoms with van der Waals surface area (Å²) in [4.78, 5) is 2.23. The second kappa shape index (κ2) is 3.77. The molecule has 82 valence electrons. The van der Waals surface area contributed by atoms with Crippen molar-refractivity contribution in [2.24, 2.45) is 0 Å². The lowest BCUT2D eigenvalue weighted by molar-refractivity contribution is -0.0290. The fourth-order valence-electron chi connectivity index (χ4n) is 2.22. The van der Waals surface area contributed by atoms with Crippen LogP contribution < -0.4 is 0 Å². The summed E-state index contributed by atoms with van der Waals surface area (Å²) in [5, 5.41) is 19.4. The third-order valence-corrected chi connectivity index (χ3v) is 3.37. The van der Waals surface area contributed by atoms with Gasteiger partial charge in [-0.25, -0.2) is 0 Å². The second-order valence-corrected chi connectivity index (χ2v) is 4.71. The van der Waals surface area contributed by atoms with E-state index in [-0.39, 0.29) is 12.1 Å². The van der Waals surface area contributed by atoms with Gasteiger partial charge in [0.1, 0.15) is 0 Å². The first-order valence-electron chi connectivity index (χ1n) is 5.31. The van der Waals surface area contributed by atoms with Gasteiger partial charge in [-0.3, -0.25) is 4.90 Å². The summed E-state index contributed by atoms with van der Waals surface area (Å²) >= 11 is 0. The van der Waals surface area contributed by atoms with E-state index in [9.17, 15) is 10.2 Å². The lowest BCUT2D eigenvalue weighted by Gasteiger charge is -2.39. The van der Waals surface area contributed by atoms with E-state index in [0.29, 0.717) is 13.2 Å². The first-order valence-corrected chi connectivity index (χ1v) is 5.31. The van der Waals surface area contributed by atoms with Crippen LogP contribution in [0, 0.1) is 0 Å². The highest BCUT2D eigenvalue weighted by molar-refractivity contribution is 4.89. The van der Waals surface area contributed by atoms with E-state index in [1.807, 2.05) is 6.92 Å². The van der Waals surface area contributed by atoms with Crippen molar-refractivity contribution in [2.45, 2.75) is 37.5 Å². The summed E-state index contributed by atoms with van der Waals surface area (Å²) in [5.74, 6) is 0. The zero-order chi connectivity index (χ0) is 10.2. The van der Waals surface area contributed by atoms with Crippen molar-refractivity contribution in [2.75, 3.05) is 26.3 Å². The Hall–Kier alpha value is -0.160. The second-order valence-electron chi connectivity index (χ2n) is 4.71. The number of piperidine rings is 1. The molecule has 4 nitrogen and oxygen atoms in total. The molecule has 0 aromatic carbocycles. The number of nitrogens with zero attached hydrogens (tertiary/aromatic N) is 1. The molecule has 0 aromatic rings. The average Bonchev–Trinajstić information content (AvgIpc) is 2.52. The van der Waals surface area contributed by atoms with E-state index in [1.165, 1.54) is 0 Å². The number of hydrogen-bond donors (Lipinski definition) is 2. The molecule has 0 spiro atoms. The Kier molecular flexibility index (Phi) is 2.79. The van der Waals surface area contributed by atoms with Gasteiger partial charge in [0.25, 0.3) is 0 Å². The third-order valence-electron chi connectivity index (χ3n) is 3.37. The lowest BCUT2D eigenvalue weighted by atomic mass is 9.92. The quantitative estimate of drug-likeness (QED) is 0.606. The highest BCUT2D eigenvalue weighted by Crippen LogP contribution is 2.24. The number of rotatable bonds is 1. The number of aliphatic hydroxyl groups excluding tert-OH is 1. The van der Waals surface area contributed by atoms with Gasteiger partial charge in [-0.2, -0.15) is 0 Å². The van der Waals surface area contributed by atoms with E-state index in [4.69, 9.17) is 4.74 Å². The molecule has 0 radical (unpaired) electrons. The van der Waals surface area contributed by atoms with Crippen LogP contribution in [-0.2, 0) is 4.74 Å². The van der Waals surface area contributed by atoms with Gasteiger partial charge in [-0.05, 0) is 19.8 Å². The molecule has 0 aliphatic carbocycles. The molecule has 4 heteroatoms. The first-order chi connectivity index (χ1) is 6.58. The SMILES string of the molecule is CC1(O)CCN([C@@H]2COC[C@H]2O)CC1. The summed E-state index contributed by atoms with van der Waals surface area (Å²) in [6, 6.07) is 0.145. The van der Waals surface area contributed by atoms with Gasteiger partial charge in [0.05, 0.1) is 31.0 Å². The topological polar surface area (TPSA) is 52.9 Å². The summed E-state index contributed by atoms with van der Waals surface area (Å²) in [5.41, 5.74) is -0.513. The monoisotopic (exact) mass is 201 g/mol. The molecule has 2 rings (SSSR count). The van der Waals surface area contributed by atoms with Gasteiger partial charge in [0.2, 0.25) is 0 Å². The highest BCUT2D eigenvalue weighted by Gasteiger charge is 2.36. The molecule has 2 fully saturated rings. The van der Waals surface area contributed by atoms with Crippen LogP contribution in [0.4, 0.5) is 0 Å². The molecular weight excluding hydrogens is 182 g/mol. The van der Waals surface area contributed by atoms with E-state index in [1.54, 1.807) is 0 Å². The molecule has 2 heterocycles. The summed E-state index contributed by atoms with van der Waals surface area (Å²) in [7, 11) is 0. The minimum absolute atomic E-state index is 0.145. The summed E-state index contributed by atoms with van der Waals surface area (Å²) in [6.07, 6.45) is 1.23. The molecule has 2 aliphatic rings. The zero-order valence-corrected chi connectivity index (χ0v) is 8.65. The van der Waals surface area contributed by atoms with Crippen molar-refractivity contribution in [3.8, 4) is 0 Å². The molecule has 2 N–H and O–H groups in total. The van der Waals surface area contributed by atoms with Crippen LogP contribution in [0.1, 0.15) is 19.8 Å². The fourth-order valence-corrected chi connectivity index (χ4v) is 2.22. The Morgan fingerprint density at radius 1 is 1.29 bits per heavy atom. The molecule has 14 heavy (non-hydrogen) atoms. The molecule has 0 unspecified atom stereocenters. The summed E-state index contributed by atoms with van der Waals surface area (Å²) < 4.78 is 5.22. The average molecular weight is 201 g/mol. The van der Waals surface area contributed by atoms with Gasteiger partial charge in [0.15, 0.2) is 0 Å². The van der Waals surface area contributed by atoms with Crippen LogP contribution in [0.2, 0.25) is 0 Å². The van der Waals surface area contributed by atoms with Gasteiger partial charge in [-0.15, -0.1) is 0 Å². The Labute approximate surface area is 84.5 Å². The number of likely N-dealkylation sites (tertiary alicyclic amines) is 1. The van der Waals surface area contributed by atoms with Crippen molar-refractivity contribution in [1.82, 2.24) is 4.90 Å². The lowest BCUT2D eigenvalue weighted by Crippen LogP contribution is -2.50. The van der Waals surface area contributed by atoms with Crippen molar-refractivity contribution in [3.05, 3.63) is 0 Å². The van der Waals surface area contributed by atoms with Crippen LogP contribution in [-0.4, -0.2) is 59.2 Å². The molecular formula is C10H19NO3. The predicted molar refractivity (Wildman–Crippen MR) is 52.0 cm³/mol. The molecule has 2 saturated heterocycles. The molecule has 2 atom stereocenters. The number of hydrogen-bond acceptors (Lipinski definition) is 4. The van der Waals surface area contributed by atoms with E-state index in [2.05, 4.69) is 4.90 Å². The molecule has 2 aliphatic heterocycles. The molecule has 0 bridgehead atoms. The predicted octanol–water partition coefficient (Wildman–Crippen LogP) is -0.407. The van der Waals surface area contributed by atoms with Crippen molar-refractivity contribution >= 4 is 0 Å². The van der Waals surface area contributed by atoms with E-state index >= 15 is 0 Å². The Morgan fingerprint density at radius 3 is 2.43 bits per heavy atom. The number of ether oxygens (including phenoxy) is 1. The maximum absolute atomic E-state index is 9.78. The molecule has 0 aromatic heterocycles. The summed E-state index contributed by atoms with van der Waals surface area (Å²) in [6.45, 7) is 4.68. The van der Waals surface area contributed by atoms with Gasteiger partial charge >= 0.3 is 0 Å². The normalized spacial score (nSPS) is 38.8. The minimum Gasteiger partial charge on any atom is -0.390 e. The maximum atomic E-state index is 9.78. The largest absolute Gasteiger partial charge is 0.390 e. The van der Waals surface area contributed by atoms with Crippen LogP contribution in [0.5, 0.6) is 0 Å². The van der Waals surface area contributed by atoms with Crippen LogP contribution >= 0.6 is 0 Å². The first kappa shape index (κ1) is 10.4. The maximum Gasteiger partial charge on any atom is 0.0950 e. The third kappa shape index (κ3) is 2.08. The standard InChI is InChI=1S/C10H19NO3/c1-10(13)2-4-11(5-3-10)8-6-14-7-9(8)12/h8-9,12-13H,2-7H2,1H3/t8-,9-/m1/s1. The molecule has 0 saturated carbocycles. The van der Waals surface area contributed by atoms with Gasteiger partial charge in [-0.1, -0.05) is 0 Å². The smallest absolute Gasteiger partial charge is 0.0950 e. The Bertz CT molecular complexity index is 198. The molecule has 0 amide bonds. The van der Waals surface area contributed by atoms with Gasteiger partial charge in [0, 0.05) is 13.1 Å².